The summed E-state index contributed by atoms with van der Waals surface area (Å²) in [6, 6.07) is 7.50. The normalized spacial score (nSPS) is 16.8. The van der Waals surface area contributed by atoms with Gasteiger partial charge in [-0.25, -0.2) is 0 Å². The summed E-state index contributed by atoms with van der Waals surface area (Å²) in [4.78, 5) is 23.2. The van der Waals surface area contributed by atoms with Gasteiger partial charge in [0.05, 0.1) is 13.2 Å². The molecule has 0 saturated carbocycles. The molecule has 0 radical (unpaired) electrons. The van der Waals surface area contributed by atoms with E-state index in [9.17, 15) is 9.59 Å². The highest BCUT2D eigenvalue weighted by Gasteiger charge is 2.16. The van der Waals surface area contributed by atoms with Crippen molar-refractivity contribution in [1.82, 2.24) is 5.32 Å². The second-order valence-electron chi connectivity index (χ2n) is 5.45. The highest BCUT2D eigenvalue weighted by atomic mass is 16.5. The Bertz CT molecular complexity index is 508. The van der Waals surface area contributed by atoms with Crippen molar-refractivity contribution >= 4 is 11.9 Å². The third-order valence-corrected chi connectivity index (χ3v) is 3.69. The quantitative estimate of drug-likeness (QED) is 0.734. The molecule has 6 heteroatoms. The van der Waals surface area contributed by atoms with Gasteiger partial charge in [-0.2, -0.15) is 0 Å². The molecule has 1 aromatic rings. The molecule has 1 saturated heterocycles. The van der Waals surface area contributed by atoms with Crippen molar-refractivity contribution in [2.75, 3.05) is 26.9 Å². The van der Waals surface area contributed by atoms with Crippen LogP contribution in [-0.4, -0.2) is 44.8 Å². The molecule has 126 valence electrons. The number of hydrogen-bond acceptors (Lipinski definition) is 5. The van der Waals surface area contributed by atoms with Crippen molar-refractivity contribution in [2.45, 2.75) is 31.8 Å². The van der Waals surface area contributed by atoms with E-state index in [0.717, 1.165) is 30.8 Å². The lowest BCUT2D eigenvalue weighted by Crippen LogP contribution is -2.34. The number of carbonyl (C=O) groups excluding carboxylic acids is 2. The number of ether oxygens (including phenoxy) is 3. The molecule has 1 aliphatic heterocycles. The van der Waals surface area contributed by atoms with Gasteiger partial charge in [0, 0.05) is 19.6 Å². The molecule has 1 aromatic carbocycles. The minimum atomic E-state index is -0.381. The van der Waals surface area contributed by atoms with E-state index in [0.29, 0.717) is 13.0 Å². The fourth-order valence-corrected chi connectivity index (χ4v) is 2.34. The fourth-order valence-electron chi connectivity index (χ4n) is 2.34. The molecule has 0 aromatic heterocycles. The molecule has 1 atom stereocenters. The molecule has 1 amide bonds. The first-order valence-electron chi connectivity index (χ1n) is 7.84. The summed E-state index contributed by atoms with van der Waals surface area (Å²) in [5.41, 5.74) is 1.02. The van der Waals surface area contributed by atoms with Crippen LogP contribution < -0.4 is 10.1 Å². The summed E-state index contributed by atoms with van der Waals surface area (Å²) < 4.78 is 15.4. The minimum Gasteiger partial charge on any atom is -0.497 e. The molecule has 1 N–H and O–H groups in total. The molecule has 0 aliphatic carbocycles. The molecular formula is C17H23NO5. The largest absolute Gasteiger partial charge is 0.497 e. The summed E-state index contributed by atoms with van der Waals surface area (Å²) in [5.74, 6) is 0.102. The van der Waals surface area contributed by atoms with Crippen molar-refractivity contribution in [3.05, 3.63) is 29.8 Å². The Hall–Kier alpha value is -2.08. The summed E-state index contributed by atoms with van der Waals surface area (Å²) in [6.45, 7) is 0.983. The average molecular weight is 321 g/mol. The lowest BCUT2D eigenvalue weighted by molar-refractivity contribution is -0.148. The number of methoxy groups -OCH3 is 1. The van der Waals surface area contributed by atoms with E-state index >= 15 is 0 Å². The van der Waals surface area contributed by atoms with Gasteiger partial charge >= 0.3 is 5.97 Å². The minimum absolute atomic E-state index is 0.0877. The van der Waals surface area contributed by atoms with E-state index in [1.54, 1.807) is 7.11 Å². The first kappa shape index (κ1) is 17.3. The molecule has 0 spiro atoms. The van der Waals surface area contributed by atoms with Crippen LogP contribution in [0, 0.1) is 0 Å². The van der Waals surface area contributed by atoms with Crippen LogP contribution in [0.15, 0.2) is 24.3 Å². The number of nitrogens with one attached hydrogen (secondary N) is 1. The predicted molar refractivity (Wildman–Crippen MR) is 84.3 cm³/mol. The highest BCUT2D eigenvalue weighted by Crippen LogP contribution is 2.13. The maximum absolute atomic E-state index is 11.7. The first-order valence-corrected chi connectivity index (χ1v) is 7.84. The van der Waals surface area contributed by atoms with Gasteiger partial charge in [0.15, 0.2) is 6.61 Å². The van der Waals surface area contributed by atoms with Crippen molar-refractivity contribution in [3.63, 3.8) is 0 Å². The van der Waals surface area contributed by atoms with E-state index in [-0.39, 0.29) is 31.0 Å². The first-order chi connectivity index (χ1) is 11.2. The molecule has 0 unspecified atom stereocenters. The van der Waals surface area contributed by atoms with Crippen LogP contribution in [0.5, 0.6) is 5.75 Å². The van der Waals surface area contributed by atoms with Crippen LogP contribution in [0.25, 0.3) is 0 Å². The van der Waals surface area contributed by atoms with Crippen molar-refractivity contribution < 1.29 is 23.8 Å². The Balaban J connectivity index is 1.59. The highest BCUT2D eigenvalue weighted by molar-refractivity contribution is 5.80. The third kappa shape index (κ3) is 6.28. The standard InChI is InChI=1S/C17H23NO5/c1-21-14-7-4-13(5-8-14)6-9-17(20)23-12-16(19)18-11-15-3-2-10-22-15/h4-5,7-8,15H,2-3,6,9-12H2,1H3,(H,18,19)/t15-/m1/s1. The molecular weight excluding hydrogens is 298 g/mol. The average Bonchev–Trinajstić information content (AvgIpc) is 3.10. The number of hydrogen-bond donors (Lipinski definition) is 1. The lowest BCUT2D eigenvalue weighted by Gasteiger charge is -2.11. The molecule has 0 bridgehead atoms. The Morgan fingerprint density at radius 1 is 1.30 bits per heavy atom. The topological polar surface area (TPSA) is 73.9 Å². The van der Waals surface area contributed by atoms with Crippen LogP contribution >= 0.6 is 0 Å². The fraction of sp³-hybridized carbons (Fsp3) is 0.529. The van der Waals surface area contributed by atoms with E-state index in [1.807, 2.05) is 24.3 Å². The maximum atomic E-state index is 11.7. The summed E-state index contributed by atoms with van der Waals surface area (Å²) >= 11 is 0. The predicted octanol–water partition coefficient (Wildman–Crippen LogP) is 1.47. The smallest absolute Gasteiger partial charge is 0.306 e. The van der Waals surface area contributed by atoms with Crippen LogP contribution in [0.2, 0.25) is 0 Å². The molecule has 1 fully saturated rings. The Morgan fingerprint density at radius 3 is 2.74 bits per heavy atom. The van der Waals surface area contributed by atoms with Crippen molar-refractivity contribution in [3.8, 4) is 5.75 Å². The lowest BCUT2D eigenvalue weighted by atomic mass is 10.1. The Labute approximate surface area is 136 Å². The van der Waals surface area contributed by atoms with E-state index in [1.165, 1.54) is 0 Å². The zero-order chi connectivity index (χ0) is 16.5. The van der Waals surface area contributed by atoms with E-state index < -0.39 is 0 Å². The number of aryl methyl sites for hydroxylation is 1. The Kier molecular flexibility index (Phi) is 6.87. The second-order valence-corrected chi connectivity index (χ2v) is 5.45. The monoisotopic (exact) mass is 321 g/mol. The van der Waals surface area contributed by atoms with Gasteiger partial charge in [-0.1, -0.05) is 12.1 Å². The SMILES string of the molecule is COc1ccc(CCC(=O)OCC(=O)NC[C@H]2CCCO2)cc1. The van der Waals surface area contributed by atoms with Gasteiger partial charge in [-0.3, -0.25) is 9.59 Å². The molecule has 2 rings (SSSR count). The zero-order valence-electron chi connectivity index (χ0n) is 13.4. The van der Waals surface area contributed by atoms with Crippen molar-refractivity contribution in [1.29, 1.82) is 0 Å². The third-order valence-electron chi connectivity index (χ3n) is 3.69. The number of esters is 1. The second kappa shape index (κ2) is 9.15. The van der Waals surface area contributed by atoms with Crippen molar-refractivity contribution in [2.24, 2.45) is 0 Å². The molecule has 1 aliphatic rings. The van der Waals surface area contributed by atoms with E-state index in [4.69, 9.17) is 14.2 Å². The summed E-state index contributed by atoms with van der Waals surface area (Å²) in [7, 11) is 1.61. The number of amides is 1. The zero-order valence-corrected chi connectivity index (χ0v) is 13.4. The number of rotatable bonds is 8. The van der Waals surface area contributed by atoms with E-state index in [2.05, 4.69) is 5.32 Å². The van der Waals surface area contributed by atoms with Gasteiger partial charge in [0.25, 0.3) is 5.91 Å². The maximum Gasteiger partial charge on any atom is 0.306 e. The Morgan fingerprint density at radius 2 is 2.09 bits per heavy atom. The number of carbonyl (C=O) groups is 2. The summed E-state index contributed by atoms with van der Waals surface area (Å²) in [6.07, 6.45) is 2.89. The van der Waals surface area contributed by atoms with Gasteiger partial charge in [-0.15, -0.1) is 0 Å². The molecule has 1 heterocycles. The van der Waals surface area contributed by atoms with Crippen LogP contribution in [0.3, 0.4) is 0 Å². The molecule has 23 heavy (non-hydrogen) atoms. The number of benzene rings is 1. The molecule has 6 nitrogen and oxygen atoms in total. The van der Waals surface area contributed by atoms with Crippen LogP contribution in [-0.2, 0) is 25.5 Å². The van der Waals surface area contributed by atoms with Crippen LogP contribution in [0.4, 0.5) is 0 Å². The van der Waals surface area contributed by atoms with Crippen LogP contribution in [0.1, 0.15) is 24.8 Å². The summed E-state index contributed by atoms with van der Waals surface area (Å²) in [5, 5.41) is 2.71. The van der Waals surface area contributed by atoms with Gasteiger partial charge in [-0.05, 0) is 37.0 Å². The van der Waals surface area contributed by atoms with Gasteiger partial charge < -0.3 is 19.5 Å². The van der Waals surface area contributed by atoms with Gasteiger partial charge in [0.2, 0.25) is 0 Å². The van der Waals surface area contributed by atoms with Gasteiger partial charge in [0.1, 0.15) is 5.75 Å².